The molecule has 8 heteroatoms. The van der Waals surface area contributed by atoms with Gasteiger partial charge in [-0.15, -0.1) is 0 Å². The molecule has 2 rings (SSSR count). The third-order valence-electron chi connectivity index (χ3n) is 4.66. The Morgan fingerprint density at radius 3 is 2.48 bits per heavy atom. The average molecular weight is 439 g/mol. The molecule has 158 valence electrons. The van der Waals surface area contributed by atoms with Gasteiger partial charge in [-0.1, -0.05) is 48.9 Å². The number of sulfonamides is 1. The van der Waals surface area contributed by atoms with Gasteiger partial charge >= 0.3 is 0 Å². The van der Waals surface area contributed by atoms with E-state index in [0.29, 0.717) is 17.0 Å². The Morgan fingerprint density at radius 1 is 1.24 bits per heavy atom. The van der Waals surface area contributed by atoms with E-state index in [1.165, 1.54) is 0 Å². The second-order valence-electron chi connectivity index (χ2n) is 6.88. The van der Waals surface area contributed by atoms with Crippen molar-refractivity contribution in [2.75, 3.05) is 19.9 Å². The van der Waals surface area contributed by atoms with Crippen LogP contribution in [0.3, 0.4) is 0 Å². The first-order valence-electron chi connectivity index (χ1n) is 9.28. The van der Waals surface area contributed by atoms with Crippen molar-refractivity contribution in [2.24, 2.45) is 0 Å². The van der Waals surface area contributed by atoms with Crippen LogP contribution < -0.4 is 10.1 Å². The van der Waals surface area contributed by atoms with Crippen LogP contribution in [0, 0.1) is 6.92 Å². The summed E-state index contributed by atoms with van der Waals surface area (Å²) in [6.07, 6.45) is 1.75. The van der Waals surface area contributed by atoms with E-state index < -0.39 is 10.0 Å². The minimum atomic E-state index is -3.60. The van der Waals surface area contributed by atoms with E-state index in [4.69, 9.17) is 16.3 Å². The van der Waals surface area contributed by atoms with Gasteiger partial charge in [-0.3, -0.25) is 4.79 Å². The van der Waals surface area contributed by atoms with Gasteiger partial charge in [-0.25, -0.2) is 8.42 Å². The normalized spacial score (nSPS) is 12.6. The van der Waals surface area contributed by atoms with E-state index in [0.717, 1.165) is 27.4 Å². The number of hydrogen-bond acceptors (Lipinski definition) is 4. The first kappa shape index (κ1) is 23.2. The molecule has 1 amide bonds. The standard InChI is InChI=1S/C21H27ClN2O4S/c1-5-19(16-10-11-20(28-3)15(2)12-16)23-21(25)14-24(29(4,26)27)13-17-8-6-7-9-18(17)22/h6-12,19H,5,13-14H2,1-4H3,(H,23,25)/t19-/m0/s1. The molecule has 0 bridgehead atoms. The molecule has 0 aliphatic carbocycles. The number of hydrogen-bond donors (Lipinski definition) is 1. The third-order valence-corrected chi connectivity index (χ3v) is 6.22. The summed E-state index contributed by atoms with van der Waals surface area (Å²) in [5.74, 6) is 0.403. The number of ether oxygens (including phenoxy) is 1. The van der Waals surface area contributed by atoms with Crippen molar-refractivity contribution in [2.45, 2.75) is 32.9 Å². The average Bonchev–Trinajstić information content (AvgIpc) is 2.66. The fraction of sp³-hybridized carbons (Fsp3) is 0.381. The fourth-order valence-corrected chi connectivity index (χ4v) is 3.97. The van der Waals surface area contributed by atoms with Crippen LogP contribution in [0.5, 0.6) is 5.75 Å². The molecule has 0 heterocycles. The lowest BCUT2D eigenvalue weighted by molar-refractivity contribution is -0.122. The van der Waals surface area contributed by atoms with Crippen molar-refractivity contribution in [3.05, 3.63) is 64.2 Å². The van der Waals surface area contributed by atoms with Crippen molar-refractivity contribution in [1.29, 1.82) is 0 Å². The number of halogens is 1. The molecule has 0 radical (unpaired) electrons. The van der Waals surface area contributed by atoms with Crippen molar-refractivity contribution in [1.82, 2.24) is 9.62 Å². The summed E-state index contributed by atoms with van der Waals surface area (Å²) in [5.41, 5.74) is 2.55. The van der Waals surface area contributed by atoms with Crippen molar-refractivity contribution in [3.63, 3.8) is 0 Å². The van der Waals surface area contributed by atoms with E-state index >= 15 is 0 Å². The number of rotatable bonds is 9. The largest absolute Gasteiger partial charge is 0.496 e. The molecule has 0 unspecified atom stereocenters. The van der Waals surface area contributed by atoms with Gasteiger partial charge in [0.25, 0.3) is 0 Å². The zero-order chi connectivity index (χ0) is 21.6. The second kappa shape index (κ2) is 10.1. The lowest BCUT2D eigenvalue weighted by Gasteiger charge is -2.23. The van der Waals surface area contributed by atoms with Gasteiger partial charge in [-0.2, -0.15) is 4.31 Å². The van der Waals surface area contributed by atoms with E-state index in [2.05, 4.69) is 5.32 Å². The van der Waals surface area contributed by atoms with Crippen LogP contribution in [-0.2, 0) is 21.4 Å². The monoisotopic (exact) mass is 438 g/mol. The highest BCUT2D eigenvalue weighted by atomic mass is 35.5. The van der Waals surface area contributed by atoms with Gasteiger partial charge in [0.1, 0.15) is 5.75 Å². The smallest absolute Gasteiger partial charge is 0.235 e. The van der Waals surface area contributed by atoms with Crippen LogP contribution >= 0.6 is 11.6 Å². The molecule has 2 aromatic rings. The summed E-state index contributed by atoms with van der Waals surface area (Å²) in [4.78, 5) is 12.7. The molecule has 29 heavy (non-hydrogen) atoms. The number of benzene rings is 2. The van der Waals surface area contributed by atoms with Crippen LogP contribution in [0.15, 0.2) is 42.5 Å². The van der Waals surface area contributed by atoms with Crippen molar-refractivity contribution in [3.8, 4) is 5.75 Å². The number of aryl methyl sites for hydroxylation is 1. The molecular weight excluding hydrogens is 412 g/mol. The second-order valence-corrected chi connectivity index (χ2v) is 9.27. The first-order valence-corrected chi connectivity index (χ1v) is 11.5. The van der Waals surface area contributed by atoms with Gasteiger partial charge in [0.15, 0.2) is 0 Å². The third kappa shape index (κ3) is 6.45. The predicted molar refractivity (Wildman–Crippen MR) is 116 cm³/mol. The molecule has 0 aliphatic rings. The van der Waals surface area contributed by atoms with E-state index in [1.54, 1.807) is 31.4 Å². The number of nitrogens with zero attached hydrogens (tertiary/aromatic N) is 1. The van der Waals surface area contributed by atoms with Gasteiger partial charge < -0.3 is 10.1 Å². The SMILES string of the molecule is CC[C@H](NC(=O)CN(Cc1ccccc1Cl)S(C)(=O)=O)c1ccc(OC)c(C)c1. The van der Waals surface area contributed by atoms with Gasteiger partial charge in [0, 0.05) is 11.6 Å². The summed E-state index contributed by atoms with van der Waals surface area (Å²) in [6, 6.07) is 12.5. The Bertz CT molecular complexity index is 963. The van der Waals surface area contributed by atoms with Gasteiger partial charge in [0.05, 0.1) is 26.0 Å². The first-order chi connectivity index (χ1) is 13.7. The Labute approximate surface area is 177 Å². The molecule has 0 spiro atoms. The zero-order valence-electron chi connectivity index (χ0n) is 17.1. The van der Waals surface area contributed by atoms with Gasteiger partial charge in [0.2, 0.25) is 15.9 Å². The van der Waals surface area contributed by atoms with E-state index in [9.17, 15) is 13.2 Å². The molecule has 0 aromatic heterocycles. The summed E-state index contributed by atoms with van der Waals surface area (Å²) < 4.78 is 30.8. The van der Waals surface area contributed by atoms with Crippen molar-refractivity contribution >= 4 is 27.5 Å². The van der Waals surface area contributed by atoms with Crippen LogP contribution in [-0.4, -0.2) is 38.5 Å². The molecule has 2 aromatic carbocycles. The maximum Gasteiger partial charge on any atom is 0.235 e. The number of nitrogens with one attached hydrogen (secondary N) is 1. The maximum absolute atomic E-state index is 12.7. The quantitative estimate of drug-likeness (QED) is 0.647. The maximum atomic E-state index is 12.7. The number of amides is 1. The molecule has 0 fully saturated rings. The number of carbonyl (C=O) groups is 1. The van der Waals surface area contributed by atoms with Crippen LogP contribution in [0.4, 0.5) is 0 Å². The molecular formula is C21H27ClN2O4S. The van der Waals surface area contributed by atoms with E-state index in [-0.39, 0.29) is 25.0 Å². The predicted octanol–water partition coefficient (Wildman–Crippen LogP) is 3.69. The summed E-state index contributed by atoms with van der Waals surface area (Å²) >= 11 is 6.15. The molecule has 0 saturated carbocycles. The topological polar surface area (TPSA) is 75.7 Å². The highest BCUT2D eigenvalue weighted by Gasteiger charge is 2.23. The molecule has 0 saturated heterocycles. The molecule has 1 atom stereocenters. The van der Waals surface area contributed by atoms with Crippen LogP contribution in [0.25, 0.3) is 0 Å². The summed E-state index contributed by atoms with van der Waals surface area (Å²) in [6.45, 7) is 3.65. The number of methoxy groups -OCH3 is 1. The number of carbonyl (C=O) groups excluding carboxylic acids is 1. The Balaban J connectivity index is 2.14. The molecule has 0 aliphatic heterocycles. The zero-order valence-corrected chi connectivity index (χ0v) is 18.7. The Kier molecular flexibility index (Phi) is 8.07. The van der Waals surface area contributed by atoms with E-state index in [1.807, 2.05) is 32.0 Å². The highest BCUT2D eigenvalue weighted by Crippen LogP contribution is 2.24. The summed E-state index contributed by atoms with van der Waals surface area (Å²) in [5, 5.41) is 3.39. The lowest BCUT2D eigenvalue weighted by atomic mass is 10.0. The lowest BCUT2D eigenvalue weighted by Crippen LogP contribution is -2.41. The van der Waals surface area contributed by atoms with Crippen molar-refractivity contribution < 1.29 is 17.9 Å². The molecule has 6 nitrogen and oxygen atoms in total. The fourth-order valence-electron chi connectivity index (χ4n) is 3.05. The summed E-state index contributed by atoms with van der Waals surface area (Å²) in [7, 11) is -1.99. The Hall–Kier alpha value is -2.09. The van der Waals surface area contributed by atoms with Crippen LogP contribution in [0.1, 0.15) is 36.1 Å². The highest BCUT2D eigenvalue weighted by molar-refractivity contribution is 7.88. The minimum absolute atomic E-state index is 0.0321. The van der Waals surface area contributed by atoms with Gasteiger partial charge in [-0.05, 0) is 42.2 Å². The van der Waals surface area contributed by atoms with Crippen LogP contribution in [0.2, 0.25) is 5.02 Å². The Morgan fingerprint density at radius 2 is 1.93 bits per heavy atom. The molecule has 1 N–H and O–H groups in total. The minimum Gasteiger partial charge on any atom is -0.496 e.